The number of unbranched alkanes of at least 4 members (excludes halogenated alkanes) is 1. The van der Waals surface area contributed by atoms with Crippen molar-refractivity contribution in [3.8, 4) is 11.4 Å². The Kier molecular flexibility index (Phi) is 6.50. The maximum atomic E-state index is 12.4. The molecular weight excluding hydrogens is 400 g/mol. The highest BCUT2D eigenvalue weighted by atomic mass is 16.5. The number of carbonyl (C=O) groups excluding carboxylic acids is 1. The molecule has 1 aromatic heterocycles. The molecule has 0 atom stereocenters. The van der Waals surface area contributed by atoms with Crippen LogP contribution in [0.4, 0.5) is 5.69 Å². The molecule has 0 aliphatic heterocycles. The monoisotopic (exact) mass is 428 g/mol. The Morgan fingerprint density at radius 1 is 1.00 bits per heavy atom. The van der Waals surface area contributed by atoms with Crippen LogP contribution in [-0.2, 0) is 11.2 Å². The predicted molar refractivity (Wildman–Crippen MR) is 128 cm³/mol. The van der Waals surface area contributed by atoms with E-state index in [4.69, 9.17) is 4.74 Å². The van der Waals surface area contributed by atoms with Crippen molar-refractivity contribution in [2.24, 2.45) is 0 Å². The molecule has 0 aliphatic rings. The lowest BCUT2D eigenvalue weighted by Gasteiger charge is -2.10. The summed E-state index contributed by atoms with van der Waals surface area (Å²) in [4.78, 5) is 14.1. The molecule has 1 N–H and O–H groups in total. The van der Waals surface area contributed by atoms with E-state index in [0.29, 0.717) is 11.4 Å². The molecule has 0 saturated carbocycles. The van der Waals surface area contributed by atoms with Crippen LogP contribution in [0.1, 0.15) is 36.5 Å². The number of hydrogen-bond acceptors (Lipinski definition) is 4. The number of hydrogen-bond donors (Lipinski definition) is 1. The number of nitrogens with one attached hydrogen (secondary N) is 1. The molecule has 1 amide bonds. The van der Waals surface area contributed by atoms with Crippen LogP contribution in [0.15, 0.2) is 60.7 Å². The van der Waals surface area contributed by atoms with Crippen molar-refractivity contribution < 1.29 is 9.53 Å². The highest BCUT2D eigenvalue weighted by Gasteiger charge is 2.11. The van der Waals surface area contributed by atoms with Crippen molar-refractivity contribution >= 4 is 22.6 Å². The summed E-state index contributed by atoms with van der Waals surface area (Å²) in [6, 6.07) is 19.8. The van der Waals surface area contributed by atoms with Gasteiger partial charge >= 0.3 is 0 Å². The first kappa shape index (κ1) is 21.6. The number of rotatable bonds is 8. The smallest absolute Gasteiger partial charge is 0.262 e. The number of ether oxygens (including phenoxy) is 1. The normalized spacial score (nSPS) is 11.0. The van der Waals surface area contributed by atoms with Crippen LogP contribution in [0.5, 0.6) is 5.75 Å². The van der Waals surface area contributed by atoms with Crippen LogP contribution in [0.25, 0.3) is 16.7 Å². The fraction of sp³-hybridized carbons (Fsp3) is 0.269. The minimum absolute atomic E-state index is 0.0575. The molecule has 164 valence electrons. The van der Waals surface area contributed by atoms with E-state index in [1.54, 1.807) is 4.80 Å². The van der Waals surface area contributed by atoms with E-state index >= 15 is 0 Å². The molecule has 3 aromatic carbocycles. The molecule has 0 bridgehead atoms. The topological polar surface area (TPSA) is 69.0 Å². The molecule has 6 heteroatoms. The second-order valence-corrected chi connectivity index (χ2v) is 8.07. The highest BCUT2D eigenvalue weighted by Crippen LogP contribution is 2.22. The molecule has 0 saturated heterocycles. The number of aromatic nitrogens is 3. The van der Waals surface area contributed by atoms with Gasteiger partial charge in [-0.05, 0) is 79.8 Å². The van der Waals surface area contributed by atoms with Gasteiger partial charge in [0.05, 0.1) is 5.69 Å². The Morgan fingerprint density at radius 2 is 1.75 bits per heavy atom. The van der Waals surface area contributed by atoms with Gasteiger partial charge in [-0.3, -0.25) is 4.79 Å². The number of benzene rings is 3. The van der Waals surface area contributed by atoms with Gasteiger partial charge in [0, 0.05) is 5.69 Å². The van der Waals surface area contributed by atoms with Gasteiger partial charge in [-0.25, -0.2) is 0 Å². The van der Waals surface area contributed by atoms with Gasteiger partial charge in [0.25, 0.3) is 5.91 Å². The van der Waals surface area contributed by atoms with E-state index in [-0.39, 0.29) is 12.5 Å². The molecule has 4 aromatic rings. The largest absolute Gasteiger partial charge is 0.484 e. The minimum atomic E-state index is -0.219. The molecule has 0 spiro atoms. The van der Waals surface area contributed by atoms with E-state index in [2.05, 4.69) is 34.6 Å². The summed E-state index contributed by atoms with van der Waals surface area (Å²) >= 11 is 0. The summed E-state index contributed by atoms with van der Waals surface area (Å²) in [7, 11) is 0. The van der Waals surface area contributed by atoms with E-state index in [1.807, 2.05) is 62.4 Å². The Bertz CT molecular complexity index is 1230. The average Bonchev–Trinajstić information content (AvgIpc) is 3.19. The van der Waals surface area contributed by atoms with E-state index < -0.39 is 0 Å². The van der Waals surface area contributed by atoms with Crippen LogP contribution in [0.2, 0.25) is 0 Å². The summed E-state index contributed by atoms with van der Waals surface area (Å²) in [6.45, 7) is 6.07. The quantitative estimate of drug-likeness (QED) is 0.408. The maximum Gasteiger partial charge on any atom is 0.262 e. The Labute approximate surface area is 188 Å². The van der Waals surface area contributed by atoms with Crippen LogP contribution in [0.3, 0.4) is 0 Å². The van der Waals surface area contributed by atoms with Crippen molar-refractivity contribution in [2.75, 3.05) is 11.9 Å². The standard InChI is InChI=1S/C26H28N4O2/c1-4-5-8-20-10-12-21(13-11-20)30-28-24-15-19(3)23(16-25(24)29-30)27-26(31)17-32-22-9-6-7-18(2)14-22/h6-7,9-16H,4-5,8,17H2,1-3H3,(H,27,31). The molecule has 32 heavy (non-hydrogen) atoms. The molecule has 0 aliphatic carbocycles. The molecule has 4 rings (SSSR count). The lowest BCUT2D eigenvalue weighted by Crippen LogP contribution is -2.20. The van der Waals surface area contributed by atoms with Gasteiger partial charge in [0.1, 0.15) is 16.8 Å². The van der Waals surface area contributed by atoms with E-state index in [9.17, 15) is 4.79 Å². The van der Waals surface area contributed by atoms with Crippen LogP contribution >= 0.6 is 0 Å². The van der Waals surface area contributed by atoms with Crippen molar-refractivity contribution in [1.29, 1.82) is 0 Å². The van der Waals surface area contributed by atoms with Gasteiger partial charge in [0.2, 0.25) is 0 Å². The summed E-state index contributed by atoms with van der Waals surface area (Å²) in [5, 5.41) is 12.1. The Morgan fingerprint density at radius 3 is 2.47 bits per heavy atom. The number of carbonyl (C=O) groups is 1. The Balaban J connectivity index is 1.46. The van der Waals surface area contributed by atoms with Crippen LogP contribution in [-0.4, -0.2) is 27.5 Å². The second-order valence-electron chi connectivity index (χ2n) is 8.07. The zero-order chi connectivity index (χ0) is 22.5. The fourth-order valence-electron chi connectivity index (χ4n) is 3.54. The van der Waals surface area contributed by atoms with Gasteiger partial charge in [-0.1, -0.05) is 37.6 Å². The molecule has 0 fully saturated rings. The first-order valence-electron chi connectivity index (χ1n) is 11.0. The van der Waals surface area contributed by atoms with Gasteiger partial charge in [0.15, 0.2) is 6.61 Å². The molecule has 6 nitrogen and oxygen atoms in total. The highest BCUT2D eigenvalue weighted by molar-refractivity contribution is 5.95. The first-order valence-corrected chi connectivity index (χ1v) is 11.0. The minimum Gasteiger partial charge on any atom is -0.484 e. The van der Waals surface area contributed by atoms with Crippen LogP contribution in [0, 0.1) is 13.8 Å². The van der Waals surface area contributed by atoms with Gasteiger partial charge < -0.3 is 10.1 Å². The number of amides is 1. The second kappa shape index (κ2) is 9.64. The van der Waals surface area contributed by atoms with Crippen molar-refractivity contribution in [1.82, 2.24) is 15.0 Å². The number of aryl methyl sites for hydroxylation is 3. The number of anilines is 1. The lowest BCUT2D eigenvalue weighted by molar-refractivity contribution is -0.118. The SMILES string of the molecule is CCCCc1ccc(-n2nc3cc(C)c(NC(=O)COc4cccc(C)c4)cc3n2)cc1. The summed E-state index contributed by atoms with van der Waals surface area (Å²) in [5.41, 5.74) is 6.45. The predicted octanol–water partition coefficient (Wildman–Crippen LogP) is 5.40. The summed E-state index contributed by atoms with van der Waals surface area (Å²) < 4.78 is 5.60. The number of nitrogens with zero attached hydrogens (tertiary/aromatic N) is 3. The summed E-state index contributed by atoms with van der Waals surface area (Å²) in [6.07, 6.45) is 3.46. The molecule has 0 radical (unpaired) electrons. The van der Waals surface area contributed by atoms with Crippen molar-refractivity contribution in [3.63, 3.8) is 0 Å². The van der Waals surface area contributed by atoms with Crippen molar-refractivity contribution in [3.05, 3.63) is 77.4 Å². The van der Waals surface area contributed by atoms with E-state index in [1.165, 1.54) is 18.4 Å². The Hall–Kier alpha value is -3.67. The lowest BCUT2D eigenvalue weighted by atomic mass is 10.1. The molecule has 0 unspecified atom stereocenters. The zero-order valence-electron chi connectivity index (χ0n) is 18.8. The fourth-order valence-corrected chi connectivity index (χ4v) is 3.54. The third-order valence-electron chi connectivity index (χ3n) is 5.35. The van der Waals surface area contributed by atoms with Gasteiger partial charge in [-0.2, -0.15) is 4.80 Å². The zero-order valence-corrected chi connectivity index (χ0v) is 18.8. The summed E-state index contributed by atoms with van der Waals surface area (Å²) in [5.74, 6) is 0.458. The average molecular weight is 429 g/mol. The maximum absolute atomic E-state index is 12.4. The molecule has 1 heterocycles. The van der Waals surface area contributed by atoms with Crippen LogP contribution < -0.4 is 10.1 Å². The van der Waals surface area contributed by atoms with Gasteiger partial charge in [-0.15, -0.1) is 10.2 Å². The molecular formula is C26H28N4O2. The van der Waals surface area contributed by atoms with E-state index in [0.717, 1.165) is 34.3 Å². The van der Waals surface area contributed by atoms with Crippen molar-refractivity contribution in [2.45, 2.75) is 40.0 Å². The first-order chi connectivity index (χ1) is 15.5. The third-order valence-corrected chi connectivity index (χ3v) is 5.35. The number of fused-ring (bicyclic) bond motifs is 1. The third kappa shape index (κ3) is 5.14.